The van der Waals surface area contributed by atoms with Crippen LogP contribution >= 0.6 is 23.1 Å². The van der Waals surface area contributed by atoms with Gasteiger partial charge in [-0.2, -0.15) is 18.4 Å². The molecule has 190 valence electrons. The van der Waals surface area contributed by atoms with Gasteiger partial charge in [0.15, 0.2) is 0 Å². The standard InChI is InChI=1S/C28H22F4N2OS2/c1-3-17-8-9-19(23(29)12-17)16-34-24(14-22(28(30,31)32)21(15-33)27(34)35)26-11-10-25(37-26)18-6-5-7-20(13-18)36-4-2/h5-14H,3-4,16H2,1-2H3. The molecule has 37 heavy (non-hydrogen) atoms. The summed E-state index contributed by atoms with van der Waals surface area (Å²) in [4.78, 5) is 15.5. The van der Waals surface area contributed by atoms with Gasteiger partial charge in [-0.25, -0.2) is 4.39 Å². The summed E-state index contributed by atoms with van der Waals surface area (Å²) in [6.07, 6.45) is -4.30. The summed E-state index contributed by atoms with van der Waals surface area (Å²) in [6, 6.07) is 18.0. The highest BCUT2D eigenvalue weighted by Crippen LogP contribution is 2.39. The van der Waals surface area contributed by atoms with Crippen molar-refractivity contribution in [3.63, 3.8) is 0 Å². The number of pyridine rings is 1. The van der Waals surface area contributed by atoms with Crippen LogP contribution in [0.1, 0.15) is 36.1 Å². The minimum Gasteiger partial charge on any atom is -0.302 e. The number of hydrogen-bond acceptors (Lipinski definition) is 4. The second-order valence-electron chi connectivity index (χ2n) is 8.22. The van der Waals surface area contributed by atoms with Gasteiger partial charge in [0, 0.05) is 15.3 Å². The monoisotopic (exact) mass is 542 g/mol. The van der Waals surface area contributed by atoms with E-state index in [1.165, 1.54) is 29.5 Å². The minimum absolute atomic E-state index is 0.0226. The van der Waals surface area contributed by atoms with Gasteiger partial charge in [-0.3, -0.25) is 4.79 Å². The Morgan fingerprint density at radius 3 is 2.43 bits per heavy atom. The van der Waals surface area contributed by atoms with E-state index < -0.39 is 28.7 Å². The molecule has 0 atom stereocenters. The third-order valence-electron chi connectivity index (χ3n) is 5.86. The first kappa shape index (κ1) is 26.7. The Bertz CT molecular complexity index is 1550. The van der Waals surface area contributed by atoms with E-state index in [-0.39, 0.29) is 17.8 Å². The number of nitriles is 1. The van der Waals surface area contributed by atoms with Gasteiger partial charge < -0.3 is 4.57 Å². The highest BCUT2D eigenvalue weighted by molar-refractivity contribution is 7.99. The smallest absolute Gasteiger partial charge is 0.302 e. The lowest BCUT2D eigenvalue weighted by atomic mass is 10.1. The number of benzene rings is 2. The maximum absolute atomic E-state index is 14.8. The molecule has 0 N–H and O–H groups in total. The van der Waals surface area contributed by atoms with Crippen LogP contribution < -0.4 is 5.56 Å². The molecule has 4 rings (SSSR count). The average molecular weight is 543 g/mol. The number of hydrogen-bond donors (Lipinski definition) is 0. The van der Waals surface area contributed by atoms with E-state index in [9.17, 15) is 27.6 Å². The van der Waals surface area contributed by atoms with Crippen molar-refractivity contribution in [1.82, 2.24) is 4.57 Å². The van der Waals surface area contributed by atoms with Gasteiger partial charge in [-0.05, 0) is 59.7 Å². The summed E-state index contributed by atoms with van der Waals surface area (Å²) >= 11 is 2.90. The molecule has 4 aromatic rings. The molecule has 2 heterocycles. The lowest BCUT2D eigenvalue weighted by molar-refractivity contribution is -0.137. The van der Waals surface area contributed by atoms with Gasteiger partial charge in [0.1, 0.15) is 17.4 Å². The van der Waals surface area contributed by atoms with Crippen molar-refractivity contribution in [2.24, 2.45) is 0 Å². The van der Waals surface area contributed by atoms with E-state index in [1.54, 1.807) is 30.0 Å². The number of aryl methyl sites for hydroxylation is 1. The number of alkyl halides is 3. The summed E-state index contributed by atoms with van der Waals surface area (Å²) in [5, 5.41) is 9.42. The Hall–Kier alpha value is -3.35. The van der Waals surface area contributed by atoms with E-state index in [2.05, 4.69) is 0 Å². The first-order valence-corrected chi connectivity index (χ1v) is 13.3. The highest BCUT2D eigenvalue weighted by atomic mass is 32.2. The van der Waals surface area contributed by atoms with Crippen molar-refractivity contribution in [2.45, 2.75) is 37.9 Å². The third kappa shape index (κ3) is 5.65. The van der Waals surface area contributed by atoms with Crippen molar-refractivity contribution >= 4 is 23.1 Å². The molecule has 0 saturated heterocycles. The lowest BCUT2D eigenvalue weighted by Gasteiger charge is -2.17. The van der Waals surface area contributed by atoms with E-state index >= 15 is 0 Å². The van der Waals surface area contributed by atoms with Crippen LogP contribution in [0.25, 0.3) is 21.0 Å². The van der Waals surface area contributed by atoms with Crippen LogP contribution in [0.2, 0.25) is 0 Å². The quantitative estimate of drug-likeness (QED) is 0.176. The largest absolute Gasteiger partial charge is 0.417 e. The van der Waals surface area contributed by atoms with Gasteiger partial charge in [-0.15, -0.1) is 23.1 Å². The number of thioether (sulfide) groups is 1. The second-order valence-corrected chi connectivity index (χ2v) is 10.6. The zero-order valence-corrected chi connectivity index (χ0v) is 21.7. The molecular formula is C28H22F4N2OS2. The van der Waals surface area contributed by atoms with E-state index in [1.807, 2.05) is 38.1 Å². The van der Waals surface area contributed by atoms with E-state index in [4.69, 9.17) is 0 Å². The first-order valence-electron chi connectivity index (χ1n) is 11.5. The molecule has 2 aromatic carbocycles. The SMILES string of the molecule is CCSc1cccc(-c2ccc(-c3cc(C(F)(F)F)c(C#N)c(=O)n3Cc3ccc(CC)cc3F)s2)c1. The molecule has 0 unspecified atom stereocenters. The fraction of sp³-hybridized carbons (Fsp3) is 0.214. The molecule has 0 radical (unpaired) electrons. The molecule has 0 aliphatic rings. The zero-order valence-electron chi connectivity index (χ0n) is 20.0. The molecule has 0 amide bonds. The van der Waals surface area contributed by atoms with Gasteiger partial charge in [0.2, 0.25) is 0 Å². The van der Waals surface area contributed by atoms with Crippen molar-refractivity contribution in [3.8, 4) is 27.1 Å². The summed E-state index contributed by atoms with van der Waals surface area (Å²) in [7, 11) is 0. The van der Waals surface area contributed by atoms with Gasteiger partial charge >= 0.3 is 6.18 Å². The fourth-order valence-corrected chi connectivity index (χ4v) is 5.73. The summed E-state index contributed by atoms with van der Waals surface area (Å²) < 4.78 is 57.4. The highest BCUT2D eigenvalue weighted by Gasteiger charge is 2.36. The summed E-state index contributed by atoms with van der Waals surface area (Å²) in [6.45, 7) is 3.60. The molecule has 2 aromatic heterocycles. The Labute approximate surface area is 220 Å². The third-order valence-corrected chi connectivity index (χ3v) is 7.89. The second kappa shape index (κ2) is 11.0. The molecule has 0 aliphatic heterocycles. The normalized spacial score (nSPS) is 11.5. The van der Waals surface area contributed by atoms with Crippen LogP contribution in [0.4, 0.5) is 17.6 Å². The van der Waals surface area contributed by atoms with Crippen LogP contribution in [-0.2, 0) is 19.1 Å². The van der Waals surface area contributed by atoms with Crippen LogP contribution in [0.3, 0.4) is 0 Å². The molecule has 0 bridgehead atoms. The molecular weight excluding hydrogens is 520 g/mol. The molecule has 3 nitrogen and oxygen atoms in total. The van der Waals surface area contributed by atoms with Crippen LogP contribution in [0, 0.1) is 17.1 Å². The van der Waals surface area contributed by atoms with Crippen molar-refractivity contribution in [3.05, 3.63) is 99.1 Å². The number of rotatable bonds is 7. The number of aromatic nitrogens is 1. The fourth-order valence-electron chi connectivity index (χ4n) is 3.98. The predicted molar refractivity (Wildman–Crippen MR) is 140 cm³/mol. The zero-order chi connectivity index (χ0) is 26.7. The van der Waals surface area contributed by atoms with Crippen LogP contribution in [0.5, 0.6) is 0 Å². The molecule has 0 aliphatic carbocycles. The number of thiophene rings is 1. The van der Waals surface area contributed by atoms with Crippen molar-refractivity contribution in [1.29, 1.82) is 5.26 Å². The van der Waals surface area contributed by atoms with E-state index in [0.717, 1.165) is 37.3 Å². The van der Waals surface area contributed by atoms with Crippen molar-refractivity contribution in [2.75, 3.05) is 5.75 Å². The number of nitrogens with zero attached hydrogens (tertiary/aromatic N) is 2. The maximum Gasteiger partial charge on any atom is 0.417 e. The Morgan fingerprint density at radius 2 is 1.78 bits per heavy atom. The summed E-state index contributed by atoms with van der Waals surface area (Å²) in [5.41, 5.74) is -1.65. The average Bonchev–Trinajstić information content (AvgIpc) is 3.36. The van der Waals surface area contributed by atoms with Gasteiger partial charge in [-0.1, -0.05) is 38.1 Å². The summed E-state index contributed by atoms with van der Waals surface area (Å²) in [5.74, 6) is 0.333. The maximum atomic E-state index is 14.8. The Balaban J connectivity index is 1.89. The van der Waals surface area contributed by atoms with E-state index in [0.29, 0.717) is 11.3 Å². The first-order chi connectivity index (χ1) is 17.7. The van der Waals surface area contributed by atoms with Gasteiger partial charge in [0.25, 0.3) is 5.56 Å². The lowest BCUT2D eigenvalue weighted by Crippen LogP contribution is -2.28. The Kier molecular flexibility index (Phi) is 7.90. The predicted octanol–water partition coefficient (Wildman–Crippen LogP) is 8.00. The Morgan fingerprint density at radius 1 is 1.03 bits per heavy atom. The minimum atomic E-state index is -4.90. The van der Waals surface area contributed by atoms with Crippen LogP contribution in [0.15, 0.2) is 70.4 Å². The molecule has 9 heteroatoms. The van der Waals surface area contributed by atoms with Gasteiger partial charge in [0.05, 0.1) is 22.7 Å². The molecule has 0 saturated carbocycles. The molecule has 0 fully saturated rings. The van der Waals surface area contributed by atoms with Crippen LogP contribution in [-0.4, -0.2) is 10.3 Å². The van der Waals surface area contributed by atoms with Crippen molar-refractivity contribution < 1.29 is 17.6 Å². The molecule has 0 spiro atoms. The number of halogens is 4. The topological polar surface area (TPSA) is 45.8 Å².